The number of ether oxygens (including phenoxy) is 2. The van der Waals surface area contributed by atoms with Gasteiger partial charge in [0.2, 0.25) is 5.88 Å². The van der Waals surface area contributed by atoms with Gasteiger partial charge in [-0.15, -0.1) is 0 Å². The Labute approximate surface area is 173 Å². The van der Waals surface area contributed by atoms with Crippen LogP contribution in [0.25, 0.3) is 0 Å². The minimum absolute atomic E-state index is 0.0515. The van der Waals surface area contributed by atoms with Gasteiger partial charge < -0.3 is 20.0 Å². The molecule has 0 amide bonds. The smallest absolute Gasteiger partial charge is 0.331 e. The fraction of sp³-hybridized carbons (Fsp3) is 0.476. The first-order valence-electron chi connectivity index (χ1n) is 10.2. The summed E-state index contributed by atoms with van der Waals surface area (Å²) >= 11 is 0. The molecule has 2 aliphatic rings. The van der Waals surface area contributed by atoms with Gasteiger partial charge in [0, 0.05) is 12.5 Å². The molecule has 160 valence electrons. The molecule has 1 saturated carbocycles. The lowest BCUT2D eigenvalue weighted by Crippen LogP contribution is -2.36. The van der Waals surface area contributed by atoms with Crippen LogP contribution in [0.15, 0.2) is 32.9 Å². The number of benzene rings is 1. The molecule has 1 fully saturated rings. The van der Waals surface area contributed by atoms with Gasteiger partial charge in [-0.2, -0.15) is 5.10 Å². The molecule has 0 radical (unpaired) electrons. The van der Waals surface area contributed by atoms with Gasteiger partial charge in [0.25, 0.3) is 5.56 Å². The minimum Gasteiger partial charge on any atom is -0.494 e. The lowest BCUT2D eigenvalue weighted by molar-refractivity contribution is 0.298. The van der Waals surface area contributed by atoms with E-state index in [0.717, 1.165) is 37.7 Å². The van der Waals surface area contributed by atoms with Crippen LogP contribution in [0.3, 0.4) is 0 Å². The van der Waals surface area contributed by atoms with Crippen LogP contribution in [-0.2, 0) is 0 Å². The molecule has 30 heavy (non-hydrogen) atoms. The lowest BCUT2D eigenvalue weighted by atomic mass is 9.95. The summed E-state index contributed by atoms with van der Waals surface area (Å²) in [5.41, 5.74) is 3.19. The van der Waals surface area contributed by atoms with Crippen LogP contribution in [0.5, 0.6) is 17.4 Å². The van der Waals surface area contributed by atoms with Crippen LogP contribution >= 0.6 is 0 Å². The molecule has 4 rings (SSSR count). The fourth-order valence-electron chi connectivity index (χ4n) is 4.34. The third-order valence-corrected chi connectivity index (χ3v) is 5.91. The van der Waals surface area contributed by atoms with Crippen molar-refractivity contribution in [1.82, 2.24) is 15.0 Å². The maximum Gasteiger partial charge on any atom is 0.331 e. The van der Waals surface area contributed by atoms with Gasteiger partial charge in [0.15, 0.2) is 11.5 Å². The Morgan fingerprint density at radius 3 is 2.53 bits per heavy atom. The molecular formula is C21H26N4O5. The van der Waals surface area contributed by atoms with Crippen molar-refractivity contribution in [2.75, 3.05) is 14.2 Å². The number of hydrogen-bond acceptors (Lipinski definition) is 7. The van der Waals surface area contributed by atoms with Crippen LogP contribution in [0, 0.1) is 0 Å². The summed E-state index contributed by atoms with van der Waals surface area (Å²) in [7, 11) is 3.14. The van der Waals surface area contributed by atoms with Crippen molar-refractivity contribution in [3.8, 4) is 17.4 Å². The number of rotatable bonds is 5. The van der Waals surface area contributed by atoms with Crippen LogP contribution in [-0.4, -0.2) is 34.6 Å². The highest BCUT2D eigenvalue weighted by Crippen LogP contribution is 2.34. The molecule has 0 spiro atoms. The summed E-state index contributed by atoms with van der Waals surface area (Å²) in [5, 5.41) is 15.2. The highest BCUT2D eigenvalue weighted by Gasteiger charge is 2.29. The molecule has 1 aromatic carbocycles. The van der Waals surface area contributed by atoms with Gasteiger partial charge in [-0.1, -0.05) is 25.3 Å². The second-order valence-electron chi connectivity index (χ2n) is 7.68. The van der Waals surface area contributed by atoms with Crippen LogP contribution < -0.4 is 26.1 Å². The van der Waals surface area contributed by atoms with E-state index in [2.05, 4.69) is 15.5 Å². The molecule has 0 unspecified atom stereocenters. The molecule has 1 atom stereocenters. The molecule has 1 aromatic heterocycles. The highest BCUT2D eigenvalue weighted by molar-refractivity contribution is 6.03. The SMILES string of the molecule is COc1ccc([C@H]2CC(c3c(O)n(C4CCCCC4)c(=O)[nH]c3=O)=NN2)cc1OC. The summed E-state index contributed by atoms with van der Waals surface area (Å²) in [6, 6.07) is 5.24. The first-order chi connectivity index (χ1) is 14.5. The van der Waals surface area contributed by atoms with E-state index in [1.54, 1.807) is 20.3 Å². The summed E-state index contributed by atoms with van der Waals surface area (Å²) in [6.07, 6.45) is 5.10. The predicted octanol–water partition coefficient (Wildman–Crippen LogP) is 2.20. The normalized spacial score (nSPS) is 19.3. The van der Waals surface area contributed by atoms with Crippen molar-refractivity contribution in [3.63, 3.8) is 0 Å². The van der Waals surface area contributed by atoms with E-state index in [9.17, 15) is 14.7 Å². The van der Waals surface area contributed by atoms with E-state index in [1.807, 2.05) is 12.1 Å². The molecule has 1 aliphatic carbocycles. The molecule has 3 N–H and O–H groups in total. The van der Waals surface area contributed by atoms with E-state index >= 15 is 0 Å². The first-order valence-corrected chi connectivity index (χ1v) is 10.2. The number of H-pyrrole nitrogens is 1. The largest absolute Gasteiger partial charge is 0.494 e. The fourth-order valence-corrected chi connectivity index (χ4v) is 4.34. The van der Waals surface area contributed by atoms with Gasteiger partial charge >= 0.3 is 5.69 Å². The zero-order valence-electron chi connectivity index (χ0n) is 17.1. The Bertz CT molecular complexity index is 1080. The molecule has 2 heterocycles. The van der Waals surface area contributed by atoms with Crippen molar-refractivity contribution >= 4 is 5.71 Å². The maximum absolute atomic E-state index is 12.5. The number of aromatic nitrogens is 2. The van der Waals surface area contributed by atoms with E-state index in [-0.39, 0.29) is 23.5 Å². The number of methoxy groups -OCH3 is 2. The van der Waals surface area contributed by atoms with Gasteiger partial charge in [0.05, 0.1) is 26.0 Å². The van der Waals surface area contributed by atoms with Gasteiger partial charge in [0.1, 0.15) is 5.56 Å². The minimum atomic E-state index is -0.627. The maximum atomic E-state index is 12.5. The third-order valence-electron chi connectivity index (χ3n) is 5.91. The first kappa shape index (κ1) is 20.1. The molecule has 1 aliphatic heterocycles. The Hall–Kier alpha value is -3.23. The van der Waals surface area contributed by atoms with Crippen molar-refractivity contribution < 1.29 is 14.6 Å². The Balaban J connectivity index is 1.64. The number of aromatic amines is 1. The highest BCUT2D eigenvalue weighted by atomic mass is 16.5. The predicted molar refractivity (Wildman–Crippen MR) is 112 cm³/mol. The zero-order chi connectivity index (χ0) is 21.3. The monoisotopic (exact) mass is 414 g/mol. The molecular weight excluding hydrogens is 388 g/mol. The molecule has 9 nitrogen and oxygen atoms in total. The number of hydrazone groups is 1. The Kier molecular flexibility index (Phi) is 5.52. The van der Waals surface area contributed by atoms with Crippen LogP contribution in [0.4, 0.5) is 0 Å². The number of nitrogens with one attached hydrogen (secondary N) is 2. The number of nitrogens with zero attached hydrogens (tertiary/aromatic N) is 2. The summed E-state index contributed by atoms with van der Waals surface area (Å²) in [4.78, 5) is 27.3. The molecule has 0 bridgehead atoms. The van der Waals surface area contributed by atoms with Crippen LogP contribution in [0.2, 0.25) is 0 Å². The van der Waals surface area contributed by atoms with E-state index in [0.29, 0.717) is 23.6 Å². The van der Waals surface area contributed by atoms with Crippen molar-refractivity contribution in [1.29, 1.82) is 0 Å². The van der Waals surface area contributed by atoms with E-state index in [4.69, 9.17) is 9.47 Å². The summed E-state index contributed by atoms with van der Waals surface area (Å²) < 4.78 is 12.0. The van der Waals surface area contributed by atoms with E-state index < -0.39 is 11.2 Å². The van der Waals surface area contributed by atoms with Crippen molar-refractivity contribution in [3.05, 3.63) is 50.2 Å². The van der Waals surface area contributed by atoms with Crippen LogP contribution in [0.1, 0.15) is 61.7 Å². The molecule has 2 aromatic rings. The van der Waals surface area contributed by atoms with Crippen molar-refractivity contribution in [2.24, 2.45) is 5.10 Å². The zero-order valence-corrected chi connectivity index (χ0v) is 17.1. The topological polar surface area (TPSA) is 118 Å². The van der Waals surface area contributed by atoms with Crippen molar-refractivity contribution in [2.45, 2.75) is 50.6 Å². The van der Waals surface area contributed by atoms with E-state index in [1.165, 1.54) is 4.57 Å². The second kappa shape index (κ2) is 8.25. The molecule has 0 saturated heterocycles. The number of aromatic hydroxyl groups is 1. The van der Waals surface area contributed by atoms with Gasteiger partial charge in [-0.3, -0.25) is 14.3 Å². The lowest BCUT2D eigenvalue weighted by Gasteiger charge is -2.25. The Morgan fingerprint density at radius 2 is 1.83 bits per heavy atom. The third kappa shape index (κ3) is 3.55. The Morgan fingerprint density at radius 1 is 1.10 bits per heavy atom. The second-order valence-corrected chi connectivity index (χ2v) is 7.68. The van der Waals surface area contributed by atoms with Gasteiger partial charge in [-0.05, 0) is 30.5 Å². The average molecular weight is 414 g/mol. The number of hydrogen-bond donors (Lipinski definition) is 3. The summed E-state index contributed by atoms with van der Waals surface area (Å²) in [6.45, 7) is 0. The standard InChI is InChI=1S/C21H26N4O5/c1-29-16-9-8-12(10-17(16)30-2)14-11-15(24-23-14)18-19(26)22-21(28)25(20(18)27)13-6-4-3-5-7-13/h8-10,13-14,23,27H,3-7,11H2,1-2H3,(H,22,26,28)/t14-/m1/s1. The van der Waals surface area contributed by atoms with Gasteiger partial charge in [-0.25, -0.2) is 4.79 Å². The molecule has 9 heteroatoms. The quantitative estimate of drug-likeness (QED) is 0.690. The summed E-state index contributed by atoms with van der Waals surface area (Å²) in [5.74, 6) is 0.912. The average Bonchev–Trinajstić information content (AvgIpc) is 3.23.